The molecule has 1 aromatic heterocycles. The Labute approximate surface area is 155 Å². The van der Waals surface area contributed by atoms with Crippen LogP contribution < -0.4 is 10.6 Å². The minimum atomic E-state index is -0.488. The quantitative estimate of drug-likeness (QED) is 0.720. The van der Waals surface area contributed by atoms with Gasteiger partial charge in [-0.3, -0.25) is 14.6 Å². The number of nitrogens with zero attached hydrogens (tertiary/aromatic N) is 1. The van der Waals surface area contributed by atoms with Gasteiger partial charge in [-0.15, -0.1) is 0 Å². The molecule has 0 spiro atoms. The normalized spacial score (nSPS) is 10.4. The molecule has 0 radical (unpaired) electrons. The Morgan fingerprint density at radius 2 is 1.96 bits per heavy atom. The largest absolute Gasteiger partial charge is 0.385 e. The summed E-state index contributed by atoms with van der Waals surface area (Å²) in [7, 11) is 1.60. The van der Waals surface area contributed by atoms with Crippen molar-refractivity contribution in [2.75, 3.05) is 25.6 Å². The van der Waals surface area contributed by atoms with Crippen molar-refractivity contribution in [3.05, 3.63) is 57.8 Å². The molecule has 2 N–H and O–H groups in total. The van der Waals surface area contributed by atoms with Gasteiger partial charge in [0.1, 0.15) is 5.69 Å². The molecular formula is C17H17Cl2N3O3. The molecule has 2 rings (SSSR count). The van der Waals surface area contributed by atoms with E-state index in [2.05, 4.69) is 15.6 Å². The van der Waals surface area contributed by atoms with Crippen LogP contribution in [0.1, 0.15) is 27.3 Å². The first kappa shape index (κ1) is 19.2. The smallest absolute Gasteiger partial charge is 0.274 e. The lowest BCUT2D eigenvalue weighted by Crippen LogP contribution is -2.25. The number of benzene rings is 1. The second kappa shape index (κ2) is 9.36. The van der Waals surface area contributed by atoms with Crippen molar-refractivity contribution in [1.82, 2.24) is 10.3 Å². The molecule has 0 bridgehead atoms. The maximum absolute atomic E-state index is 12.3. The summed E-state index contributed by atoms with van der Waals surface area (Å²) in [5.74, 6) is -0.772. The lowest BCUT2D eigenvalue weighted by Gasteiger charge is -2.09. The average Bonchev–Trinajstić information content (AvgIpc) is 2.61. The van der Waals surface area contributed by atoms with Gasteiger partial charge in [0.15, 0.2) is 0 Å². The van der Waals surface area contributed by atoms with Crippen molar-refractivity contribution < 1.29 is 14.3 Å². The molecule has 0 aliphatic carbocycles. The highest BCUT2D eigenvalue weighted by Crippen LogP contribution is 2.25. The third kappa shape index (κ3) is 5.70. The van der Waals surface area contributed by atoms with Crippen LogP contribution in [-0.2, 0) is 4.74 Å². The fourth-order valence-corrected chi connectivity index (χ4v) is 2.33. The number of ether oxygens (including phenoxy) is 1. The van der Waals surface area contributed by atoms with Gasteiger partial charge in [0, 0.05) is 37.0 Å². The summed E-state index contributed by atoms with van der Waals surface area (Å²) >= 11 is 11.9. The van der Waals surface area contributed by atoms with Crippen molar-refractivity contribution in [3.8, 4) is 0 Å². The Morgan fingerprint density at radius 1 is 1.16 bits per heavy atom. The van der Waals surface area contributed by atoms with E-state index in [1.165, 1.54) is 24.4 Å². The summed E-state index contributed by atoms with van der Waals surface area (Å²) in [6.07, 6.45) is 2.10. The number of halogens is 2. The molecule has 2 amide bonds. The molecule has 8 heteroatoms. The highest BCUT2D eigenvalue weighted by Gasteiger charge is 2.13. The van der Waals surface area contributed by atoms with E-state index in [1.54, 1.807) is 19.2 Å². The summed E-state index contributed by atoms with van der Waals surface area (Å²) in [4.78, 5) is 28.4. The zero-order chi connectivity index (χ0) is 18.2. The first-order chi connectivity index (χ1) is 12.0. The predicted octanol–water partition coefficient (Wildman–Crippen LogP) is 3.41. The third-order valence-corrected chi connectivity index (χ3v) is 3.81. The van der Waals surface area contributed by atoms with E-state index >= 15 is 0 Å². The third-order valence-electron chi connectivity index (χ3n) is 3.24. The monoisotopic (exact) mass is 381 g/mol. The van der Waals surface area contributed by atoms with Crippen LogP contribution in [0.5, 0.6) is 0 Å². The van der Waals surface area contributed by atoms with Gasteiger partial charge in [-0.1, -0.05) is 23.2 Å². The summed E-state index contributed by atoms with van der Waals surface area (Å²) in [6, 6.07) is 7.69. The minimum absolute atomic E-state index is 0.0978. The second-order valence-corrected chi connectivity index (χ2v) is 5.95. The molecule has 1 aromatic carbocycles. The molecule has 0 aliphatic heterocycles. The molecule has 0 saturated carbocycles. The van der Waals surface area contributed by atoms with Crippen LogP contribution in [0.2, 0.25) is 10.0 Å². The molecule has 1 heterocycles. The molecule has 0 saturated heterocycles. The number of hydrogen-bond donors (Lipinski definition) is 2. The number of aromatic nitrogens is 1. The topological polar surface area (TPSA) is 80.3 Å². The second-order valence-electron chi connectivity index (χ2n) is 5.11. The number of hydrogen-bond acceptors (Lipinski definition) is 4. The number of amides is 2. The molecule has 6 nitrogen and oxygen atoms in total. The Balaban J connectivity index is 2.05. The molecule has 0 unspecified atom stereocenters. The minimum Gasteiger partial charge on any atom is -0.385 e. The molecule has 132 valence electrons. The van der Waals surface area contributed by atoms with Gasteiger partial charge in [-0.05, 0) is 36.8 Å². The Morgan fingerprint density at radius 3 is 2.72 bits per heavy atom. The van der Waals surface area contributed by atoms with Crippen LogP contribution in [0.4, 0.5) is 5.69 Å². The maximum Gasteiger partial charge on any atom is 0.274 e. The summed E-state index contributed by atoms with van der Waals surface area (Å²) in [5.41, 5.74) is 0.811. The first-order valence-corrected chi connectivity index (χ1v) is 8.26. The Kier molecular flexibility index (Phi) is 7.18. The number of anilines is 1. The van der Waals surface area contributed by atoms with Crippen LogP contribution in [0.15, 0.2) is 36.5 Å². The number of pyridine rings is 1. The molecule has 2 aromatic rings. The van der Waals surface area contributed by atoms with Crippen LogP contribution in [-0.4, -0.2) is 37.1 Å². The van der Waals surface area contributed by atoms with Crippen molar-refractivity contribution >= 4 is 40.7 Å². The van der Waals surface area contributed by atoms with Crippen molar-refractivity contribution in [2.45, 2.75) is 6.42 Å². The van der Waals surface area contributed by atoms with Gasteiger partial charge >= 0.3 is 0 Å². The lowest BCUT2D eigenvalue weighted by molar-refractivity contribution is 0.0948. The van der Waals surface area contributed by atoms with Crippen LogP contribution in [0, 0.1) is 0 Å². The van der Waals surface area contributed by atoms with Gasteiger partial charge in [-0.2, -0.15) is 0 Å². The Hall–Kier alpha value is -2.15. The number of carbonyl (C=O) groups excluding carboxylic acids is 2. The molecular weight excluding hydrogens is 365 g/mol. The molecule has 0 fully saturated rings. The average molecular weight is 382 g/mol. The zero-order valence-corrected chi connectivity index (χ0v) is 15.0. The molecule has 0 aliphatic rings. The maximum atomic E-state index is 12.3. The van der Waals surface area contributed by atoms with Crippen LogP contribution in [0.25, 0.3) is 0 Å². The van der Waals surface area contributed by atoms with Gasteiger partial charge in [0.2, 0.25) is 0 Å². The van der Waals surface area contributed by atoms with Crippen LogP contribution in [0.3, 0.4) is 0 Å². The van der Waals surface area contributed by atoms with E-state index < -0.39 is 5.91 Å². The predicted molar refractivity (Wildman–Crippen MR) is 97.5 cm³/mol. The SMILES string of the molecule is COCCCNC(=O)c1ccnc(C(=O)Nc2cc(Cl)ccc2Cl)c1. The first-order valence-electron chi connectivity index (χ1n) is 7.51. The van der Waals surface area contributed by atoms with Crippen molar-refractivity contribution in [3.63, 3.8) is 0 Å². The summed E-state index contributed by atoms with van der Waals surface area (Å²) < 4.78 is 4.92. The van der Waals surface area contributed by atoms with E-state index in [9.17, 15) is 9.59 Å². The zero-order valence-electron chi connectivity index (χ0n) is 13.5. The van der Waals surface area contributed by atoms with E-state index in [-0.39, 0.29) is 11.6 Å². The number of methoxy groups -OCH3 is 1. The van der Waals surface area contributed by atoms with Gasteiger partial charge < -0.3 is 15.4 Å². The summed E-state index contributed by atoms with van der Waals surface area (Å²) in [6.45, 7) is 1.04. The van der Waals surface area contributed by atoms with E-state index in [4.69, 9.17) is 27.9 Å². The van der Waals surface area contributed by atoms with E-state index in [1.807, 2.05) is 0 Å². The van der Waals surface area contributed by atoms with Crippen LogP contribution >= 0.6 is 23.2 Å². The standard InChI is InChI=1S/C17H17Cl2N3O3/c1-25-8-2-6-21-16(23)11-5-7-20-15(9-11)17(24)22-14-10-12(18)3-4-13(14)19/h3-5,7,9-10H,2,6,8H2,1H3,(H,21,23)(H,22,24). The van der Waals surface area contributed by atoms with Gasteiger partial charge in [0.05, 0.1) is 10.7 Å². The molecule has 0 atom stereocenters. The van der Waals surface area contributed by atoms with Crippen molar-refractivity contribution in [1.29, 1.82) is 0 Å². The fourth-order valence-electron chi connectivity index (χ4n) is 2.00. The van der Waals surface area contributed by atoms with Crippen molar-refractivity contribution in [2.24, 2.45) is 0 Å². The number of rotatable bonds is 7. The van der Waals surface area contributed by atoms with Gasteiger partial charge in [0.25, 0.3) is 11.8 Å². The summed E-state index contributed by atoms with van der Waals surface area (Å²) in [5, 5.41) is 6.17. The molecule has 25 heavy (non-hydrogen) atoms. The Bertz CT molecular complexity index is 769. The highest BCUT2D eigenvalue weighted by atomic mass is 35.5. The highest BCUT2D eigenvalue weighted by molar-refractivity contribution is 6.35. The van der Waals surface area contributed by atoms with E-state index in [0.717, 1.165) is 0 Å². The number of carbonyl (C=O) groups is 2. The van der Waals surface area contributed by atoms with E-state index in [0.29, 0.717) is 40.9 Å². The fraction of sp³-hybridized carbons (Fsp3) is 0.235. The van der Waals surface area contributed by atoms with Gasteiger partial charge in [-0.25, -0.2) is 0 Å². The lowest BCUT2D eigenvalue weighted by atomic mass is 10.2. The number of nitrogens with one attached hydrogen (secondary N) is 2.